The highest BCUT2D eigenvalue weighted by Gasteiger charge is 2.01. The highest BCUT2D eigenvalue weighted by atomic mass is 16.4. The van der Waals surface area contributed by atoms with E-state index in [1.165, 1.54) is 57.9 Å². The molecule has 0 aromatic heterocycles. The van der Waals surface area contributed by atoms with Gasteiger partial charge < -0.3 is 15.3 Å². The van der Waals surface area contributed by atoms with Crippen molar-refractivity contribution >= 4 is 11.9 Å². The first kappa shape index (κ1) is 29.5. The summed E-state index contributed by atoms with van der Waals surface area (Å²) in [7, 11) is 0. The van der Waals surface area contributed by atoms with E-state index in [0.29, 0.717) is 0 Å². The largest absolute Gasteiger partial charge is 0.479 e. The van der Waals surface area contributed by atoms with Gasteiger partial charge in [-0.15, -0.1) is 0 Å². The van der Waals surface area contributed by atoms with Crippen LogP contribution >= 0.6 is 0 Å². The maximum Gasteiger partial charge on any atom is 0.332 e. The number of aliphatic hydroxyl groups excluding tert-OH is 1. The van der Waals surface area contributed by atoms with Crippen LogP contribution in [0.5, 0.6) is 0 Å². The van der Waals surface area contributed by atoms with Gasteiger partial charge in [0.05, 0.1) is 0 Å². The van der Waals surface area contributed by atoms with Crippen LogP contribution in [0.4, 0.5) is 0 Å². The minimum atomic E-state index is -1.23. The molecule has 168 valence electrons. The van der Waals surface area contributed by atoms with Crippen LogP contribution in [0.15, 0.2) is 72.9 Å². The molecule has 0 radical (unpaired) electrons. The fourth-order valence-electron chi connectivity index (χ4n) is 2.05. The van der Waals surface area contributed by atoms with Crippen LogP contribution in [-0.4, -0.2) is 33.4 Å². The van der Waals surface area contributed by atoms with E-state index < -0.39 is 18.0 Å². The normalized spacial score (nSPS) is 13.2. The minimum absolute atomic E-state index is 0.936. The lowest BCUT2D eigenvalue weighted by Gasteiger charge is -1.98. The predicted octanol–water partition coefficient (Wildman–Crippen LogP) is 6.00. The van der Waals surface area contributed by atoms with E-state index in [0.717, 1.165) is 12.5 Å². The molecule has 0 amide bonds. The molecule has 0 saturated carbocycles. The first-order chi connectivity index (χ1) is 14.4. The van der Waals surface area contributed by atoms with Gasteiger partial charge in [0.1, 0.15) is 6.10 Å². The van der Waals surface area contributed by atoms with Gasteiger partial charge >= 0.3 is 11.9 Å². The van der Waals surface area contributed by atoms with Gasteiger partial charge in [-0.1, -0.05) is 112 Å². The Hall–Kier alpha value is -2.66. The van der Waals surface area contributed by atoms with E-state index in [4.69, 9.17) is 15.3 Å². The van der Waals surface area contributed by atoms with Crippen molar-refractivity contribution in [2.75, 3.05) is 0 Å². The van der Waals surface area contributed by atoms with Gasteiger partial charge in [0, 0.05) is 6.08 Å². The number of rotatable bonds is 15. The minimum Gasteiger partial charge on any atom is -0.479 e. The molecule has 0 aliphatic heterocycles. The van der Waals surface area contributed by atoms with Crippen molar-refractivity contribution in [2.45, 2.75) is 71.3 Å². The third kappa shape index (κ3) is 30.1. The van der Waals surface area contributed by atoms with Crippen molar-refractivity contribution in [1.82, 2.24) is 0 Å². The van der Waals surface area contributed by atoms with Gasteiger partial charge in [-0.05, 0) is 19.8 Å². The lowest BCUT2D eigenvalue weighted by atomic mass is 10.1. The van der Waals surface area contributed by atoms with Gasteiger partial charge in [0.15, 0.2) is 0 Å². The highest BCUT2D eigenvalue weighted by Crippen LogP contribution is 2.08. The van der Waals surface area contributed by atoms with Crippen molar-refractivity contribution in [3.63, 3.8) is 0 Å². The number of carbonyl (C=O) groups is 2. The smallest absolute Gasteiger partial charge is 0.332 e. The van der Waals surface area contributed by atoms with Crippen molar-refractivity contribution in [2.24, 2.45) is 0 Å². The van der Waals surface area contributed by atoms with E-state index in [1.807, 2.05) is 36.5 Å². The molecule has 0 fully saturated rings. The van der Waals surface area contributed by atoms with Gasteiger partial charge in [-0.25, -0.2) is 9.59 Å². The molecule has 5 heteroatoms. The van der Waals surface area contributed by atoms with Crippen LogP contribution in [0.1, 0.15) is 65.2 Å². The Morgan fingerprint density at radius 1 is 0.700 bits per heavy atom. The van der Waals surface area contributed by atoms with E-state index in [9.17, 15) is 9.59 Å². The second-order valence-electron chi connectivity index (χ2n) is 6.59. The van der Waals surface area contributed by atoms with Crippen LogP contribution < -0.4 is 0 Å². The molecule has 0 saturated heterocycles. The zero-order valence-electron chi connectivity index (χ0n) is 18.3. The molecule has 0 rings (SSSR count). The van der Waals surface area contributed by atoms with Gasteiger partial charge in [-0.2, -0.15) is 0 Å². The monoisotopic (exact) mass is 418 g/mol. The van der Waals surface area contributed by atoms with E-state index >= 15 is 0 Å². The molecule has 5 nitrogen and oxygen atoms in total. The summed E-state index contributed by atoms with van der Waals surface area (Å²) in [5.41, 5.74) is 0. The number of unbranched alkanes of at least 4 members (excludes halogenated alkanes) is 7. The zero-order valence-corrected chi connectivity index (χ0v) is 18.3. The number of aliphatic hydroxyl groups is 1. The Kier molecular flexibility index (Phi) is 24.0. The summed E-state index contributed by atoms with van der Waals surface area (Å²) in [6, 6.07) is 0. The maximum absolute atomic E-state index is 10.2. The number of hydrogen-bond donors (Lipinski definition) is 3. The summed E-state index contributed by atoms with van der Waals surface area (Å²) in [5.74, 6) is -2.12. The number of aliphatic carboxylic acids is 2. The lowest BCUT2D eigenvalue weighted by Crippen LogP contribution is -2.13. The number of carboxylic acids is 2. The SMILES string of the molecule is CC(O)C(=O)O.CCCCCCCCCC=CC=CC=CC=CC=CC=CC(=O)O. The van der Waals surface area contributed by atoms with Crippen molar-refractivity contribution in [1.29, 1.82) is 0 Å². The topological polar surface area (TPSA) is 94.8 Å². The molecule has 1 atom stereocenters. The molecule has 3 N–H and O–H groups in total. The second-order valence-corrected chi connectivity index (χ2v) is 6.59. The summed E-state index contributed by atoms with van der Waals surface area (Å²) in [5, 5.41) is 24.2. The van der Waals surface area contributed by atoms with Crippen LogP contribution in [-0.2, 0) is 9.59 Å². The first-order valence-corrected chi connectivity index (χ1v) is 10.6. The van der Waals surface area contributed by atoms with Crippen LogP contribution in [0, 0.1) is 0 Å². The Balaban J connectivity index is 0. The van der Waals surface area contributed by atoms with Gasteiger partial charge in [0.25, 0.3) is 0 Å². The molecule has 0 aliphatic carbocycles. The van der Waals surface area contributed by atoms with Crippen LogP contribution in [0.25, 0.3) is 0 Å². The first-order valence-electron chi connectivity index (χ1n) is 10.6. The molecule has 30 heavy (non-hydrogen) atoms. The Morgan fingerprint density at radius 2 is 1.10 bits per heavy atom. The molecule has 0 aliphatic rings. The lowest BCUT2D eigenvalue weighted by molar-refractivity contribution is -0.145. The van der Waals surface area contributed by atoms with Gasteiger partial charge in [-0.3, -0.25) is 0 Å². The summed E-state index contributed by atoms with van der Waals surface area (Å²) in [6.45, 7) is 3.45. The molecule has 0 aromatic carbocycles. The van der Waals surface area contributed by atoms with Crippen LogP contribution in [0.3, 0.4) is 0 Å². The van der Waals surface area contributed by atoms with Gasteiger partial charge in [0.2, 0.25) is 0 Å². The molecule has 1 unspecified atom stereocenters. The van der Waals surface area contributed by atoms with Crippen molar-refractivity contribution in [3.8, 4) is 0 Å². The second kappa shape index (κ2) is 24.4. The fraction of sp³-hybridized carbons (Fsp3) is 0.440. The highest BCUT2D eigenvalue weighted by molar-refractivity contribution is 5.80. The van der Waals surface area contributed by atoms with E-state index in [1.54, 1.807) is 12.2 Å². The van der Waals surface area contributed by atoms with E-state index in [2.05, 4.69) is 19.1 Å². The van der Waals surface area contributed by atoms with Crippen molar-refractivity contribution < 1.29 is 24.9 Å². The fourth-order valence-corrected chi connectivity index (χ4v) is 2.05. The average Bonchev–Trinajstić information content (AvgIpc) is 2.70. The summed E-state index contributed by atoms with van der Waals surface area (Å²) < 4.78 is 0. The Labute approximate surface area is 181 Å². The molecule has 0 bridgehead atoms. The van der Waals surface area contributed by atoms with Crippen molar-refractivity contribution in [3.05, 3.63) is 72.9 Å². The Morgan fingerprint density at radius 3 is 1.53 bits per heavy atom. The quantitative estimate of drug-likeness (QED) is 0.172. The average molecular weight is 419 g/mol. The maximum atomic E-state index is 10.2. The third-order valence-corrected chi connectivity index (χ3v) is 3.71. The number of allylic oxidation sites excluding steroid dienone is 11. The Bertz CT molecular complexity index is 593. The molecule has 0 aromatic rings. The predicted molar refractivity (Wildman–Crippen MR) is 124 cm³/mol. The zero-order chi connectivity index (χ0) is 22.9. The molecule has 0 spiro atoms. The standard InChI is InChI=1S/C22H32O2.C3H6O3/c1-2-3-4-5-6-7-8-9-10-11-12-13-14-15-16-17-18-19-20-21-22(23)24;1-2(4)3(5)6/h10-21H,2-9H2,1H3,(H,23,24);2,4H,1H3,(H,5,6). The number of carboxylic acid groups (broad SMARTS) is 2. The third-order valence-electron chi connectivity index (χ3n) is 3.71. The van der Waals surface area contributed by atoms with E-state index in [-0.39, 0.29) is 0 Å². The summed E-state index contributed by atoms with van der Waals surface area (Å²) in [6.07, 6.45) is 31.5. The number of hydrogen-bond acceptors (Lipinski definition) is 3. The molecular weight excluding hydrogens is 380 g/mol. The molecular formula is C25H38O5. The summed E-state index contributed by atoms with van der Waals surface area (Å²) >= 11 is 0. The summed E-state index contributed by atoms with van der Waals surface area (Å²) in [4.78, 5) is 19.7. The van der Waals surface area contributed by atoms with Crippen LogP contribution in [0.2, 0.25) is 0 Å². The molecule has 0 heterocycles.